The van der Waals surface area contributed by atoms with E-state index in [0.717, 1.165) is 0 Å². The van der Waals surface area contributed by atoms with Crippen molar-refractivity contribution in [3.05, 3.63) is 22.7 Å². The molecule has 6 heteroatoms. The van der Waals surface area contributed by atoms with Gasteiger partial charge in [0.15, 0.2) is 11.5 Å². The number of ether oxygens (including phenoxy) is 2. The Morgan fingerprint density at radius 1 is 1.19 bits per heavy atom. The normalized spacial score (nSPS) is 9.69. The van der Waals surface area contributed by atoms with Crippen molar-refractivity contribution in [3.8, 4) is 11.5 Å². The summed E-state index contributed by atoms with van der Waals surface area (Å²) in [7, 11) is 2.79. The van der Waals surface area contributed by atoms with Crippen LogP contribution >= 0.6 is 11.6 Å². The molecule has 0 spiro atoms. The minimum Gasteiger partial charge on any atom is -0.493 e. The summed E-state index contributed by atoms with van der Waals surface area (Å²) < 4.78 is 9.88. The van der Waals surface area contributed by atoms with Gasteiger partial charge >= 0.3 is 5.97 Å². The fourth-order valence-electron chi connectivity index (χ4n) is 1.14. The van der Waals surface area contributed by atoms with E-state index in [1.54, 1.807) is 0 Å². The first-order valence-corrected chi connectivity index (χ1v) is 4.58. The van der Waals surface area contributed by atoms with Gasteiger partial charge in [-0.05, 0) is 6.07 Å². The summed E-state index contributed by atoms with van der Waals surface area (Å²) in [6.45, 7) is 0. The molecule has 0 saturated carbocycles. The number of ketones is 1. The van der Waals surface area contributed by atoms with Crippen LogP contribution < -0.4 is 9.47 Å². The third-order valence-corrected chi connectivity index (χ3v) is 2.22. The number of methoxy groups -OCH3 is 2. The Morgan fingerprint density at radius 3 is 2.12 bits per heavy atom. The fourth-order valence-corrected chi connectivity index (χ4v) is 1.38. The molecule has 0 aliphatic heterocycles. The summed E-state index contributed by atoms with van der Waals surface area (Å²) >= 11 is 5.76. The van der Waals surface area contributed by atoms with E-state index >= 15 is 0 Å². The molecule has 0 atom stereocenters. The van der Waals surface area contributed by atoms with Crippen molar-refractivity contribution in [1.29, 1.82) is 0 Å². The highest BCUT2D eigenvalue weighted by Crippen LogP contribution is 2.33. The number of rotatable bonds is 4. The first-order valence-electron chi connectivity index (χ1n) is 4.20. The van der Waals surface area contributed by atoms with Gasteiger partial charge in [0.2, 0.25) is 0 Å². The number of aliphatic carboxylic acids is 1. The van der Waals surface area contributed by atoms with Gasteiger partial charge in [-0.15, -0.1) is 0 Å². The highest BCUT2D eigenvalue weighted by molar-refractivity contribution is 6.45. The minimum absolute atomic E-state index is 0.00468. The second-order valence-electron chi connectivity index (χ2n) is 2.82. The molecule has 0 amide bonds. The summed E-state index contributed by atoms with van der Waals surface area (Å²) in [6.07, 6.45) is 0. The molecule has 5 nitrogen and oxygen atoms in total. The van der Waals surface area contributed by atoms with Gasteiger partial charge in [-0.3, -0.25) is 4.79 Å². The maximum absolute atomic E-state index is 11.3. The maximum atomic E-state index is 11.3. The van der Waals surface area contributed by atoms with E-state index < -0.39 is 11.8 Å². The van der Waals surface area contributed by atoms with E-state index in [9.17, 15) is 9.59 Å². The Kier molecular flexibility index (Phi) is 3.73. The van der Waals surface area contributed by atoms with Crippen molar-refractivity contribution < 1.29 is 24.2 Å². The second kappa shape index (κ2) is 4.85. The predicted molar refractivity (Wildman–Crippen MR) is 56.5 cm³/mol. The van der Waals surface area contributed by atoms with Gasteiger partial charge in [-0.2, -0.15) is 0 Å². The quantitative estimate of drug-likeness (QED) is 0.644. The molecule has 0 fully saturated rings. The Balaban J connectivity index is 3.32. The van der Waals surface area contributed by atoms with Crippen LogP contribution in [0.15, 0.2) is 12.1 Å². The topological polar surface area (TPSA) is 72.8 Å². The largest absolute Gasteiger partial charge is 0.493 e. The molecular formula is C10H9ClO5. The van der Waals surface area contributed by atoms with Crippen LogP contribution in [0, 0.1) is 0 Å². The number of halogens is 1. The average Bonchev–Trinajstić information content (AvgIpc) is 2.27. The van der Waals surface area contributed by atoms with Gasteiger partial charge in [0, 0.05) is 6.07 Å². The second-order valence-corrected chi connectivity index (χ2v) is 3.23. The Bertz CT molecular complexity index is 441. The van der Waals surface area contributed by atoms with Crippen LogP contribution in [0.2, 0.25) is 5.02 Å². The lowest BCUT2D eigenvalue weighted by Gasteiger charge is -2.09. The maximum Gasteiger partial charge on any atom is 0.377 e. The molecule has 0 aliphatic carbocycles. The van der Waals surface area contributed by atoms with Crippen LogP contribution in [-0.4, -0.2) is 31.1 Å². The Labute approximate surface area is 96.5 Å². The summed E-state index contributed by atoms with van der Waals surface area (Å²) in [5.74, 6) is -2.09. The zero-order valence-electron chi connectivity index (χ0n) is 8.61. The molecule has 0 saturated heterocycles. The van der Waals surface area contributed by atoms with Crippen molar-refractivity contribution >= 4 is 23.4 Å². The number of carboxylic acids is 1. The summed E-state index contributed by atoms with van der Waals surface area (Å²) in [6, 6.07) is 2.56. The zero-order valence-corrected chi connectivity index (χ0v) is 9.37. The van der Waals surface area contributed by atoms with Crippen LogP contribution in [0.3, 0.4) is 0 Å². The third-order valence-electron chi connectivity index (χ3n) is 1.91. The number of carbonyl (C=O) groups excluding carboxylic acids is 1. The van der Waals surface area contributed by atoms with Crippen LogP contribution in [0.1, 0.15) is 10.4 Å². The molecule has 1 rings (SSSR count). The van der Waals surface area contributed by atoms with E-state index in [1.165, 1.54) is 26.4 Å². The Hall–Kier alpha value is -1.75. The van der Waals surface area contributed by atoms with Crippen molar-refractivity contribution in [2.24, 2.45) is 0 Å². The first kappa shape index (κ1) is 12.3. The molecule has 0 unspecified atom stereocenters. The van der Waals surface area contributed by atoms with E-state index in [4.69, 9.17) is 26.2 Å². The van der Waals surface area contributed by atoms with Gasteiger partial charge in [0.05, 0.1) is 24.8 Å². The number of carboxylic acid groups (broad SMARTS) is 1. The molecule has 0 heterocycles. The molecule has 1 N–H and O–H groups in total. The van der Waals surface area contributed by atoms with Crippen LogP contribution in [0.5, 0.6) is 11.5 Å². The molecular weight excluding hydrogens is 236 g/mol. The third kappa shape index (κ3) is 2.25. The standard InChI is InChI=1S/C10H9ClO5/c1-15-7-3-5(9(12)10(13)14)6(11)4-8(7)16-2/h3-4H,1-2H3,(H,13,14). The van der Waals surface area contributed by atoms with Crippen molar-refractivity contribution in [2.45, 2.75) is 0 Å². The minimum atomic E-state index is -1.57. The van der Waals surface area contributed by atoms with Gasteiger partial charge < -0.3 is 14.6 Å². The molecule has 86 valence electrons. The fraction of sp³-hybridized carbons (Fsp3) is 0.200. The SMILES string of the molecule is COc1cc(Cl)c(C(=O)C(=O)O)cc1OC. The molecule has 1 aromatic carbocycles. The zero-order chi connectivity index (χ0) is 12.3. The molecule has 16 heavy (non-hydrogen) atoms. The highest BCUT2D eigenvalue weighted by atomic mass is 35.5. The summed E-state index contributed by atoms with van der Waals surface area (Å²) in [5, 5.41) is 8.57. The predicted octanol–water partition coefficient (Wildman–Crippen LogP) is 1.62. The summed E-state index contributed by atoms with van der Waals surface area (Å²) in [4.78, 5) is 21.8. The van der Waals surface area contributed by atoms with Gasteiger partial charge in [0.25, 0.3) is 5.78 Å². The summed E-state index contributed by atoms with van der Waals surface area (Å²) in [5.41, 5.74) is -0.133. The molecule has 0 bridgehead atoms. The molecule has 0 aromatic heterocycles. The van der Waals surface area contributed by atoms with Gasteiger partial charge in [-0.1, -0.05) is 11.6 Å². The lowest BCUT2D eigenvalue weighted by Crippen LogP contribution is -2.13. The first-order chi connectivity index (χ1) is 7.51. The lowest BCUT2D eigenvalue weighted by molar-refractivity contribution is -0.131. The average molecular weight is 245 g/mol. The van der Waals surface area contributed by atoms with Crippen LogP contribution in [0.25, 0.3) is 0 Å². The van der Waals surface area contributed by atoms with Crippen LogP contribution in [-0.2, 0) is 4.79 Å². The number of hydrogen-bond acceptors (Lipinski definition) is 4. The number of carbonyl (C=O) groups is 2. The van der Waals surface area contributed by atoms with Crippen molar-refractivity contribution in [3.63, 3.8) is 0 Å². The molecule has 0 radical (unpaired) electrons. The van der Waals surface area contributed by atoms with Crippen molar-refractivity contribution in [2.75, 3.05) is 14.2 Å². The van der Waals surface area contributed by atoms with E-state index in [2.05, 4.69) is 0 Å². The molecule has 0 aliphatic rings. The highest BCUT2D eigenvalue weighted by Gasteiger charge is 2.20. The number of benzene rings is 1. The lowest BCUT2D eigenvalue weighted by atomic mass is 10.1. The van der Waals surface area contributed by atoms with E-state index in [1.807, 2.05) is 0 Å². The van der Waals surface area contributed by atoms with Crippen LogP contribution in [0.4, 0.5) is 0 Å². The monoisotopic (exact) mass is 244 g/mol. The smallest absolute Gasteiger partial charge is 0.377 e. The van der Waals surface area contributed by atoms with E-state index in [-0.39, 0.29) is 16.3 Å². The van der Waals surface area contributed by atoms with Gasteiger partial charge in [-0.25, -0.2) is 4.79 Å². The Morgan fingerprint density at radius 2 is 1.69 bits per heavy atom. The van der Waals surface area contributed by atoms with Crippen molar-refractivity contribution in [1.82, 2.24) is 0 Å². The van der Waals surface area contributed by atoms with Gasteiger partial charge in [0.1, 0.15) is 0 Å². The molecule has 1 aromatic rings. The number of Topliss-reactive ketones (excluding diaryl/α,β-unsaturated/α-hetero) is 1. The van der Waals surface area contributed by atoms with E-state index in [0.29, 0.717) is 5.75 Å². The number of hydrogen-bond donors (Lipinski definition) is 1.